The number of hydrogen-bond donors (Lipinski definition) is 0. The Labute approximate surface area is 218 Å². The van der Waals surface area contributed by atoms with Crippen LogP contribution in [-0.4, -0.2) is 0 Å². The molecule has 0 aliphatic rings. The van der Waals surface area contributed by atoms with Crippen LogP contribution >= 0.6 is 0 Å². The Hall–Kier alpha value is -0.260. The Morgan fingerprint density at radius 1 is 0.412 bits per heavy atom. The molecule has 0 aliphatic heterocycles. The smallest absolute Gasteiger partial charge is 0.0353 e. The average Bonchev–Trinajstić information content (AvgIpc) is 2.83. The first kappa shape index (κ1) is 33.7. The number of rotatable bonds is 29. The first-order valence-electron chi connectivity index (χ1n) is 16.3. The fraction of sp³-hybridized carbons (Fsp3) is 0.941. The van der Waals surface area contributed by atoms with E-state index in [0.717, 1.165) is 11.8 Å². The standard InChI is InChI=1S/C34H68/c1-5-7-9-11-13-15-16-17-18-19-21-23-25-27-30-34(4)32-28-31-33(3)29-26-24-22-20-14-12-10-8-6-2/h6,33-34H,2,5,7-32H2,1,3-4H3. The fourth-order valence-electron chi connectivity index (χ4n) is 5.46. The lowest BCUT2D eigenvalue weighted by Gasteiger charge is -2.14. The molecule has 0 heteroatoms. The highest BCUT2D eigenvalue weighted by Gasteiger charge is 2.06. The minimum Gasteiger partial charge on any atom is -0.103 e. The molecule has 0 aliphatic carbocycles. The van der Waals surface area contributed by atoms with Gasteiger partial charge in [0.2, 0.25) is 0 Å². The van der Waals surface area contributed by atoms with Crippen LogP contribution in [0.5, 0.6) is 0 Å². The molecule has 0 N–H and O–H groups in total. The molecule has 0 saturated heterocycles. The van der Waals surface area contributed by atoms with Crippen LogP contribution in [0.15, 0.2) is 12.7 Å². The van der Waals surface area contributed by atoms with E-state index in [4.69, 9.17) is 0 Å². The summed E-state index contributed by atoms with van der Waals surface area (Å²) in [6.07, 6.45) is 41.2. The second kappa shape index (κ2) is 29.0. The molecule has 0 aromatic rings. The highest BCUT2D eigenvalue weighted by Crippen LogP contribution is 2.22. The molecule has 0 aromatic carbocycles. The van der Waals surface area contributed by atoms with Gasteiger partial charge in [0.25, 0.3) is 0 Å². The maximum Gasteiger partial charge on any atom is -0.0353 e. The van der Waals surface area contributed by atoms with Crippen LogP contribution in [0.2, 0.25) is 0 Å². The third-order valence-electron chi connectivity index (χ3n) is 8.05. The predicted octanol–water partition coefficient (Wildman–Crippen LogP) is 13.0. The van der Waals surface area contributed by atoms with Crippen LogP contribution in [0.4, 0.5) is 0 Å². The maximum atomic E-state index is 3.81. The van der Waals surface area contributed by atoms with E-state index in [1.165, 1.54) is 173 Å². The van der Waals surface area contributed by atoms with Crippen molar-refractivity contribution in [3.8, 4) is 0 Å². The topological polar surface area (TPSA) is 0 Å². The van der Waals surface area contributed by atoms with Crippen LogP contribution in [0.1, 0.15) is 194 Å². The Bertz CT molecular complexity index is 370. The van der Waals surface area contributed by atoms with Crippen molar-refractivity contribution in [2.75, 3.05) is 0 Å². The summed E-state index contributed by atoms with van der Waals surface area (Å²) in [5.74, 6) is 1.89. The molecule has 204 valence electrons. The second-order valence-electron chi connectivity index (χ2n) is 11.9. The van der Waals surface area contributed by atoms with Crippen molar-refractivity contribution in [2.45, 2.75) is 194 Å². The zero-order valence-corrected chi connectivity index (χ0v) is 24.5. The Morgan fingerprint density at radius 3 is 1.06 bits per heavy atom. The number of allylic oxidation sites excluding steroid dienone is 1. The van der Waals surface area contributed by atoms with E-state index >= 15 is 0 Å². The third kappa shape index (κ3) is 28.0. The summed E-state index contributed by atoms with van der Waals surface area (Å²) < 4.78 is 0. The van der Waals surface area contributed by atoms with Crippen LogP contribution in [0.3, 0.4) is 0 Å². The highest BCUT2D eigenvalue weighted by atomic mass is 14.1. The van der Waals surface area contributed by atoms with Crippen molar-refractivity contribution in [3.05, 3.63) is 12.7 Å². The van der Waals surface area contributed by atoms with Gasteiger partial charge < -0.3 is 0 Å². The average molecular weight is 477 g/mol. The van der Waals surface area contributed by atoms with Crippen molar-refractivity contribution in [3.63, 3.8) is 0 Å². The van der Waals surface area contributed by atoms with E-state index in [1.807, 2.05) is 0 Å². The van der Waals surface area contributed by atoms with Crippen molar-refractivity contribution in [1.29, 1.82) is 0 Å². The van der Waals surface area contributed by atoms with Crippen molar-refractivity contribution >= 4 is 0 Å². The summed E-state index contributed by atoms with van der Waals surface area (Å²) >= 11 is 0. The molecule has 0 saturated carbocycles. The van der Waals surface area contributed by atoms with Crippen LogP contribution in [0, 0.1) is 11.8 Å². The van der Waals surface area contributed by atoms with Gasteiger partial charge in [0.05, 0.1) is 0 Å². The molecule has 2 unspecified atom stereocenters. The van der Waals surface area contributed by atoms with Crippen LogP contribution < -0.4 is 0 Å². The monoisotopic (exact) mass is 477 g/mol. The van der Waals surface area contributed by atoms with E-state index < -0.39 is 0 Å². The number of unbranched alkanes of at least 4 members (excludes halogenated alkanes) is 20. The molecule has 0 spiro atoms. The predicted molar refractivity (Wildman–Crippen MR) is 159 cm³/mol. The zero-order chi connectivity index (χ0) is 25.0. The summed E-state index contributed by atoms with van der Waals surface area (Å²) in [5.41, 5.74) is 0. The summed E-state index contributed by atoms with van der Waals surface area (Å²) in [7, 11) is 0. The lowest BCUT2D eigenvalue weighted by atomic mass is 9.92. The molecule has 0 amide bonds. The zero-order valence-electron chi connectivity index (χ0n) is 24.5. The van der Waals surface area contributed by atoms with Gasteiger partial charge in [-0.25, -0.2) is 0 Å². The maximum absolute atomic E-state index is 3.81. The lowest BCUT2D eigenvalue weighted by Crippen LogP contribution is -1.99. The van der Waals surface area contributed by atoms with E-state index in [9.17, 15) is 0 Å². The van der Waals surface area contributed by atoms with E-state index in [1.54, 1.807) is 0 Å². The molecule has 34 heavy (non-hydrogen) atoms. The van der Waals surface area contributed by atoms with Crippen molar-refractivity contribution < 1.29 is 0 Å². The minimum atomic E-state index is 0.945. The molecule has 0 radical (unpaired) electrons. The van der Waals surface area contributed by atoms with Crippen LogP contribution in [0.25, 0.3) is 0 Å². The van der Waals surface area contributed by atoms with Crippen LogP contribution in [-0.2, 0) is 0 Å². The first-order valence-corrected chi connectivity index (χ1v) is 16.3. The van der Waals surface area contributed by atoms with Gasteiger partial charge in [-0.2, -0.15) is 0 Å². The van der Waals surface area contributed by atoms with Gasteiger partial charge in [0.15, 0.2) is 0 Å². The highest BCUT2D eigenvalue weighted by molar-refractivity contribution is 4.65. The molecule has 0 rings (SSSR count). The quantitative estimate of drug-likeness (QED) is 0.0743. The van der Waals surface area contributed by atoms with E-state index in [2.05, 4.69) is 33.4 Å². The Morgan fingerprint density at radius 2 is 0.706 bits per heavy atom. The largest absolute Gasteiger partial charge is 0.103 e. The second-order valence-corrected chi connectivity index (χ2v) is 11.9. The van der Waals surface area contributed by atoms with E-state index in [0.29, 0.717) is 0 Å². The van der Waals surface area contributed by atoms with Gasteiger partial charge in [-0.1, -0.05) is 187 Å². The molecular formula is C34H68. The SMILES string of the molecule is C=CCCCCCCCCCC(C)CCCC(C)CCCCCCCCCCCCCCCC. The van der Waals surface area contributed by atoms with Gasteiger partial charge in [0, 0.05) is 0 Å². The first-order chi connectivity index (χ1) is 16.7. The molecular weight excluding hydrogens is 408 g/mol. The summed E-state index contributed by atoms with van der Waals surface area (Å²) in [6, 6.07) is 0. The normalized spacial score (nSPS) is 13.3. The van der Waals surface area contributed by atoms with Gasteiger partial charge in [-0.05, 0) is 24.7 Å². The molecule has 0 aromatic heterocycles. The molecule has 0 nitrogen and oxygen atoms in total. The minimum absolute atomic E-state index is 0.945. The van der Waals surface area contributed by atoms with Gasteiger partial charge in [0.1, 0.15) is 0 Å². The van der Waals surface area contributed by atoms with Gasteiger partial charge >= 0.3 is 0 Å². The van der Waals surface area contributed by atoms with Gasteiger partial charge in [-0.3, -0.25) is 0 Å². The van der Waals surface area contributed by atoms with E-state index in [-0.39, 0.29) is 0 Å². The summed E-state index contributed by atoms with van der Waals surface area (Å²) in [4.78, 5) is 0. The summed E-state index contributed by atoms with van der Waals surface area (Å²) in [6.45, 7) is 11.1. The Kier molecular flexibility index (Phi) is 28.8. The Balaban J connectivity index is 3.26. The lowest BCUT2D eigenvalue weighted by molar-refractivity contribution is 0.390. The third-order valence-corrected chi connectivity index (χ3v) is 8.05. The molecule has 0 fully saturated rings. The molecule has 0 bridgehead atoms. The van der Waals surface area contributed by atoms with Crippen molar-refractivity contribution in [2.24, 2.45) is 11.8 Å². The summed E-state index contributed by atoms with van der Waals surface area (Å²) in [5, 5.41) is 0. The fourth-order valence-corrected chi connectivity index (χ4v) is 5.46. The molecule has 0 heterocycles. The molecule has 2 atom stereocenters. The van der Waals surface area contributed by atoms with Gasteiger partial charge in [-0.15, -0.1) is 6.58 Å². The van der Waals surface area contributed by atoms with Crippen molar-refractivity contribution in [1.82, 2.24) is 0 Å². The number of hydrogen-bond acceptors (Lipinski definition) is 0.